The monoisotopic (exact) mass is 325 g/mol. The van der Waals surface area contributed by atoms with Crippen molar-refractivity contribution in [2.45, 2.75) is 6.92 Å². The number of hydrogen-bond acceptors (Lipinski definition) is 3. The summed E-state index contributed by atoms with van der Waals surface area (Å²) < 4.78 is 20.5. The fraction of sp³-hybridized carbons (Fsp3) is 0.111. The topological polar surface area (TPSA) is 56.2 Å². The molecule has 1 N–H and O–H groups in total. The Morgan fingerprint density at radius 1 is 1.17 bits per heavy atom. The van der Waals surface area contributed by atoms with Gasteiger partial charge in [0.25, 0.3) is 5.91 Å². The molecular formula is C18H16FN3O2. The maximum Gasteiger partial charge on any atom is 0.276 e. The zero-order valence-electron chi connectivity index (χ0n) is 13.3. The second kappa shape index (κ2) is 6.54. The van der Waals surface area contributed by atoms with E-state index in [4.69, 9.17) is 4.74 Å². The lowest BCUT2D eigenvalue weighted by molar-refractivity contribution is 0.102. The van der Waals surface area contributed by atoms with Gasteiger partial charge in [-0.15, -0.1) is 0 Å². The number of carbonyl (C=O) groups excluding carboxylic acids is 1. The molecule has 0 unspecified atom stereocenters. The van der Waals surface area contributed by atoms with Gasteiger partial charge in [0.05, 0.1) is 18.5 Å². The van der Waals surface area contributed by atoms with Crippen LogP contribution >= 0.6 is 0 Å². The van der Waals surface area contributed by atoms with Crippen LogP contribution in [0.1, 0.15) is 16.2 Å². The Balaban J connectivity index is 1.88. The largest absolute Gasteiger partial charge is 0.497 e. The molecule has 0 bridgehead atoms. The van der Waals surface area contributed by atoms with Crippen molar-refractivity contribution < 1.29 is 13.9 Å². The summed E-state index contributed by atoms with van der Waals surface area (Å²) >= 11 is 0. The molecule has 122 valence electrons. The molecule has 1 aromatic heterocycles. The molecule has 3 rings (SSSR count). The normalized spacial score (nSPS) is 10.5. The summed E-state index contributed by atoms with van der Waals surface area (Å²) in [6.07, 6.45) is 0. The second-order valence-electron chi connectivity index (χ2n) is 5.22. The first-order valence-corrected chi connectivity index (χ1v) is 7.35. The Bertz CT molecular complexity index is 889. The number of carbonyl (C=O) groups is 1. The van der Waals surface area contributed by atoms with Crippen LogP contribution in [0, 0.1) is 12.7 Å². The number of halogens is 1. The second-order valence-corrected chi connectivity index (χ2v) is 5.22. The van der Waals surface area contributed by atoms with Crippen molar-refractivity contribution in [3.63, 3.8) is 0 Å². The maximum atomic E-state index is 13.6. The highest BCUT2D eigenvalue weighted by atomic mass is 19.1. The van der Waals surface area contributed by atoms with Crippen molar-refractivity contribution in [3.8, 4) is 11.4 Å². The Morgan fingerprint density at radius 3 is 2.71 bits per heavy atom. The SMILES string of the molecule is COc1cccc(-n2nc(C(=O)Nc3ccccc3F)cc2C)c1. The number of aromatic nitrogens is 2. The number of aryl methyl sites for hydroxylation is 1. The first kappa shape index (κ1) is 15.7. The third kappa shape index (κ3) is 3.12. The van der Waals surface area contributed by atoms with Crippen molar-refractivity contribution in [2.24, 2.45) is 0 Å². The molecule has 1 heterocycles. The fourth-order valence-electron chi connectivity index (χ4n) is 2.34. The maximum absolute atomic E-state index is 13.6. The van der Waals surface area contributed by atoms with E-state index in [1.807, 2.05) is 31.2 Å². The number of nitrogens with zero attached hydrogens (tertiary/aromatic N) is 2. The number of para-hydroxylation sites is 1. The molecule has 1 amide bonds. The van der Waals surface area contributed by atoms with E-state index >= 15 is 0 Å². The number of hydrogen-bond donors (Lipinski definition) is 1. The van der Waals surface area contributed by atoms with Crippen molar-refractivity contribution in [2.75, 3.05) is 12.4 Å². The van der Waals surface area contributed by atoms with E-state index in [0.717, 1.165) is 11.4 Å². The summed E-state index contributed by atoms with van der Waals surface area (Å²) in [6.45, 7) is 1.84. The first-order chi connectivity index (χ1) is 11.6. The third-order valence-corrected chi connectivity index (χ3v) is 3.54. The average molecular weight is 325 g/mol. The van der Waals surface area contributed by atoms with Crippen molar-refractivity contribution in [3.05, 3.63) is 71.8 Å². The van der Waals surface area contributed by atoms with Crippen LogP contribution < -0.4 is 10.1 Å². The average Bonchev–Trinajstić information content (AvgIpc) is 2.99. The molecule has 0 aliphatic rings. The quantitative estimate of drug-likeness (QED) is 0.797. The summed E-state index contributed by atoms with van der Waals surface area (Å²) in [5, 5.41) is 6.83. The molecule has 0 radical (unpaired) electrons. The molecule has 5 nitrogen and oxygen atoms in total. The molecule has 0 fully saturated rings. The third-order valence-electron chi connectivity index (χ3n) is 3.54. The highest BCUT2D eigenvalue weighted by Crippen LogP contribution is 2.19. The minimum atomic E-state index is -0.491. The van der Waals surface area contributed by atoms with Crippen LogP contribution in [0.25, 0.3) is 5.69 Å². The summed E-state index contributed by atoms with van der Waals surface area (Å²) in [5.41, 5.74) is 1.88. The van der Waals surface area contributed by atoms with Crippen LogP contribution in [0.4, 0.5) is 10.1 Å². The van der Waals surface area contributed by atoms with E-state index in [1.54, 1.807) is 30.0 Å². The van der Waals surface area contributed by atoms with Crippen LogP contribution in [0.5, 0.6) is 5.75 Å². The van der Waals surface area contributed by atoms with E-state index in [9.17, 15) is 9.18 Å². The molecule has 0 aliphatic heterocycles. The van der Waals surface area contributed by atoms with E-state index in [0.29, 0.717) is 5.75 Å². The molecule has 2 aromatic carbocycles. The molecule has 6 heteroatoms. The number of rotatable bonds is 4. The van der Waals surface area contributed by atoms with Gasteiger partial charge in [0.15, 0.2) is 5.69 Å². The molecule has 24 heavy (non-hydrogen) atoms. The van der Waals surface area contributed by atoms with Gasteiger partial charge in [0.2, 0.25) is 0 Å². The van der Waals surface area contributed by atoms with E-state index in [-0.39, 0.29) is 11.4 Å². The van der Waals surface area contributed by atoms with Gasteiger partial charge in [-0.3, -0.25) is 4.79 Å². The van der Waals surface area contributed by atoms with Gasteiger partial charge in [0, 0.05) is 11.8 Å². The number of nitrogens with one attached hydrogen (secondary N) is 1. The van der Waals surface area contributed by atoms with Gasteiger partial charge in [0.1, 0.15) is 11.6 Å². The van der Waals surface area contributed by atoms with Crippen molar-refractivity contribution in [1.29, 1.82) is 0 Å². The minimum Gasteiger partial charge on any atom is -0.497 e. The number of amides is 1. The van der Waals surface area contributed by atoms with Crippen molar-refractivity contribution >= 4 is 11.6 Å². The smallest absolute Gasteiger partial charge is 0.276 e. The van der Waals surface area contributed by atoms with Crippen LogP contribution in [-0.4, -0.2) is 22.8 Å². The van der Waals surface area contributed by atoms with Crippen molar-refractivity contribution in [1.82, 2.24) is 9.78 Å². The van der Waals surface area contributed by atoms with Gasteiger partial charge < -0.3 is 10.1 Å². The highest BCUT2D eigenvalue weighted by molar-refractivity contribution is 6.03. The summed E-state index contributed by atoms with van der Waals surface area (Å²) in [7, 11) is 1.59. The molecule has 0 atom stereocenters. The zero-order valence-corrected chi connectivity index (χ0v) is 13.3. The van der Waals surface area contributed by atoms with Crippen LogP contribution in [0.2, 0.25) is 0 Å². The minimum absolute atomic E-state index is 0.121. The lowest BCUT2D eigenvalue weighted by atomic mass is 10.3. The predicted octanol–water partition coefficient (Wildman–Crippen LogP) is 3.58. The summed E-state index contributed by atoms with van der Waals surface area (Å²) in [4.78, 5) is 12.3. The standard InChI is InChI=1S/C18H16FN3O2/c1-12-10-17(18(23)20-16-9-4-3-8-15(16)19)21-22(12)13-6-5-7-14(11-13)24-2/h3-11H,1-2H3,(H,20,23). The fourth-order valence-corrected chi connectivity index (χ4v) is 2.34. The van der Waals surface area contributed by atoms with E-state index < -0.39 is 11.7 Å². The molecular weight excluding hydrogens is 309 g/mol. The summed E-state index contributed by atoms with van der Waals surface area (Å²) in [6, 6.07) is 15.0. The Labute approximate surface area is 138 Å². The highest BCUT2D eigenvalue weighted by Gasteiger charge is 2.15. The predicted molar refractivity (Wildman–Crippen MR) is 89.2 cm³/mol. The molecule has 0 saturated carbocycles. The van der Waals surface area contributed by atoms with Gasteiger partial charge in [-0.05, 0) is 37.3 Å². The number of ether oxygens (including phenoxy) is 1. The molecule has 0 saturated heterocycles. The van der Waals surface area contributed by atoms with Gasteiger partial charge in [-0.2, -0.15) is 5.10 Å². The zero-order chi connectivity index (χ0) is 17.1. The number of benzene rings is 2. The van der Waals surface area contributed by atoms with Gasteiger partial charge in [-0.1, -0.05) is 18.2 Å². The van der Waals surface area contributed by atoms with Gasteiger partial charge in [-0.25, -0.2) is 9.07 Å². The van der Waals surface area contributed by atoms with E-state index in [1.165, 1.54) is 12.1 Å². The lowest BCUT2D eigenvalue weighted by Gasteiger charge is -2.06. The van der Waals surface area contributed by atoms with Crippen LogP contribution in [0.15, 0.2) is 54.6 Å². The molecule has 0 spiro atoms. The summed E-state index contributed by atoms with van der Waals surface area (Å²) in [5.74, 6) is -0.264. The number of anilines is 1. The lowest BCUT2D eigenvalue weighted by Crippen LogP contribution is -2.14. The molecule has 0 aliphatic carbocycles. The van der Waals surface area contributed by atoms with Crippen LogP contribution in [-0.2, 0) is 0 Å². The molecule has 3 aromatic rings. The van der Waals surface area contributed by atoms with Crippen LogP contribution in [0.3, 0.4) is 0 Å². The Hall–Kier alpha value is -3.15. The first-order valence-electron chi connectivity index (χ1n) is 7.35. The van der Waals surface area contributed by atoms with Gasteiger partial charge >= 0.3 is 0 Å². The Morgan fingerprint density at radius 2 is 1.96 bits per heavy atom. The van der Waals surface area contributed by atoms with E-state index in [2.05, 4.69) is 10.4 Å². The number of methoxy groups -OCH3 is 1. The Kier molecular flexibility index (Phi) is 4.29.